The minimum absolute atomic E-state index is 0.119. The zero-order chi connectivity index (χ0) is 22.3. The maximum atomic E-state index is 12.9. The van der Waals surface area contributed by atoms with Crippen LogP contribution in [0.25, 0.3) is 10.8 Å². The number of pyridine rings is 1. The van der Waals surface area contributed by atoms with Crippen LogP contribution in [0.1, 0.15) is 21.6 Å². The predicted octanol–water partition coefficient (Wildman–Crippen LogP) is 1.89. The van der Waals surface area contributed by atoms with E-state index in [2.05, 4.69) is 20.7 Å². The Balaban J connectivity index is 1.48. The summed E-state index contributed by atoms with van der Waals surface area (Å²) < 4.78 is 1.37. The van der Waals surface area contributed by atoms with E-state index >= 15 is 0 Å². The molecule has 0 aliphatic rings. The first kappa shape index (κ1) is 20.9. The molecule has 8 heteroatoms. The monoisotopic (exact) mass is 427 g/mol. The Labute approximate surface area is 183 Å². The first-order chi connectivity index (χ1) is 15.6. The highest BCUT2D eigenvalue weighted by Gasteiger charge is 2.13. The van der Waals surface area contributed by atoms with Crippen LogP contribution in [0.5, 0.6) is 0 Å². The van der Waals surface area contributed by atoms with E-state index in [0.717, 1.165) is 5.56 Å². The van der Waals surface area contributed by atoms with Crippen molar-refractivity contribution in [2.75, 3.05) is 6.54 Å². The number of rotatable bonds is 7. The van der Waals surface area contributed by atoms with Crippen molar-refractivity contribution in [1.29, 1.82) is 0 Å². The predicted molar refractivity (Wildman–Crippen MR) is 120 cm³/mol. The molecule has 0 saturated heterocycles. The molecule has 4 rings (SSSR count). The molecule has 0 atom stereocenters. The molecule has 0 spiro atoms. The van der Waals surface area contributed by atoms with Gasteiger partial charge in [-0.2, -0.15) is 5.10 Å². The molecule has 2 aromatic carbocycles. The van der Waals surface area contributed by atoms with Crippen LogP contribution >= 0.6 is 0 Å². The smallest absolute Gasteiger partial charge is 0.274 e. The fourth-order valence-electron chi connectivity index (χ4n) is 3.30. The first-order valence-electron chi connectivity index (χ1n) is 10.1. The van der Waals surface area contributed by atoms with Gasteiger partial charge in [-0.1, -0.05) is 42.5 Å². The summed E-state index contributed by atoms with van der Waals surface area (Å²) in [6.45, 7) is 0.223. The number of nitrogens with one attached hydrogen (secondary N) is 2. The summed E-state index contributed by atoms with van der Waals surface area (Å²) in [5, 5.41) is 11.0. The largest absolute Gasteiger partial charge is 0.349 e. The minimum atomic E-state index is -0.356. The summed E-state index contributed by atoms with van der Waals surface area (Å²) in [7, 11) is 0. The third-order valence-corrected chi connectivity index (χ3v) is 4.90. The lowest BCUT2D eigenvalue weighted by atomic mass is 10.1. The molecule has 0 unspecified atom stereocenters. The summed E-state index contributed by atoms with van der Waals surface area (Å²) in [6.07, 6.45) is 3.35. The van der Waals surface area contributed by atoms with E-state index in [0.29, 0.717) is 22.0 Å². The Morgan fingerprint density at radius 1 is 0.875 bits per heavy atom. The second-order valence-electron chi connectivity index (χ2n) is 7.14. The summed E-state index contributed by atoms with van der Waals surface area (Å²) in [5.74, 6) is -0.681. The van der Waals surface area contributed by atoms with Crippen molar-refractivity contribution < 1.29 is 9.59 Å². The standard InChI is InChI=1S/C24H21N5O3/c30-22(15-27-23(31)18-8-2-1-3-9-18)26-14-21-19-10-4-5-11-20(19)24(32)29(28-21)16-17-7-6-12-25-13-17/h1-13H,14-16H2,(H,26,30)(H,27,31). The summed E-state index contributed by atoms with van der Waals surface area (Å²) in [4.78, 5) is 41.4. The number of carbonyl (C=O) groups is 2. The summed E-state index contributed by atoms with van der Waals surface area (Å²) >= 11 is 0. The third-order valence-electron chi connectivity index (χ3n) is 4.90. The van der Waals surface area contributed by atoms with E-state index in [1.54, 1.807) is 60.9 Å². The van der Waals surface area contributed by atoms with Crippen LogP contribution in [-0.4, -0.2) is 33.1 Å². The van der Waals surface area contributed by atoms with Gasteiger partial charge in [-0.3, -0.25) is 19.4 Å². The first-order valence-corrected chi connectivity index (χ1v) is 10.1. The summed E-state index contributed by atoms with van der Waals surface area (Å²) in [5.41, 5.74) is 1.67. The van der Waals surface area contributed by atoms with Gasteiger partial charge in [-0.15, -0.1) is 0 Å². The number of amides is 2. The molecule has 0 fully saturated rings. The fourth-order valence-corrected chi connectivity index (χ4v) is 3.30. The number of hydrogen-bond donors (Lipinski definition) is 2. The molecule has 2 N–H and O–H groups in total. The van der Waals surface area contributed by atoms with E-state index < -0.39 is 0 Å². The van der Waals surface area contributed by atoms with E-state index in [1.165, 1.54) is 4.68 Å². The van der Waals surface area contributed by atoms with Gasteiger partial charge in [0.1, 0.15) is 0 Å². The molecule has 0 bridgehead atoms. The van der Waals surface area contributed by atoms with Crippen molar-refractivity contribution in [2.45, 2.75) is 13.1 Å². The molecular formula is C24H21N5O3. The molecule has 0 aliphatic heterocycles. The van der Waals surface area contributed by atoms with E-state index in [1.807, 2.05) is 18.2 Å². The zero-order valence-corrected chi connectivity index (χ0v) is 17.2. The molecule has 0 aliphatic carbocycles. The molecular weight excluding hydrogens is 406 g/mol. The Morgan fingerprint density at radius 2 is 1.62 bits per heavy atom. The highest BCUT2D eigenvalue weighted by Crippen LogP contribution is 2.13. The van der Waals surface area contributed by atoms with Gasteiger partial charge in [0.25, 0.3) is 11.5 Å². The quantitative estimate of drug-likeness (QED) is 0.469. The maximum absolute atomic E-state index is 12.9. The molecule has 2 heterocycles. The van der Waals surface area contributed by atoms with Gasteiger partial charge in [0, 0.05) is 23.3 Å². The molecule has 8 nitrogen and oxygen atoms in total. The van der Waals surface area contributed by atoms with Gasteiger partial charge < -0.3 is 10.6 Å². The topological polar surface area (TPSA) is 106 Å². The SMILES string of the molecule is O=C(CNC(=O)c1ccccc1)NCc1nn(Cc2cccnc2)c(=O)c2ccccc12. The van der Waals surface area contributed by atoms with E-state index in [-0.39, 0.29) is 37.0 Å². The van der Waals surface area contributed by atoms with Crippen molar-refractivity contribution in [3.8, 4) is 0 Å². The van der Waals surface area contributed by atoms with Crippen LogP contribution in [0.3, 0.4) is 0 Å². The van der Waals surface area contributed by atoms with E-state index in [4.69, 9.17) is 0 Å². The van der Waals surface area contributed by atoms with Gasteiger partial charge in [0.15, 0.2) is 0 Å². The Hall–Kier alpha value is -4.33. The van der Waals surface area contributed by atoms with Crippen LogP contribution in [0.4, 0.5) is 0 Å². The molecule has 4 aromatic rings. The average molecular weight is 427 g/mol. The molecule has 2 aromatic heterocycles. The lowest BCUT2D eigenvalue weighted by Crippen LogP contribution is -2.37. The number of nitrogens with zero attached hydrogens (tertiary/aromatic N) is 3. The normalized spacial score (nSPS) is 10.6. The van der Waals surface area contributed by atoms with Crippen LogP contribution in [0.15, 0.2) is 83.9 Å². The van der Waals surface area contributed by atoms with Crippen LogP contribution in [0, 0.1) is 0 Å². The van der Waals surface area contributed by atoms with Gasteiger partial charge in [-0.05, 0) is 29.8 Å². The van der Waals surface area contributed by atoms with Gasteiger partial charge >= 0.3 is 0 Å². The van der Waals surface area contributed by atoms with Crippen molar-refractivity contribution in [3.63, 3.8) is 0 Å². The number of hydrogen-bond acceptors (Lipinski definition) is 5. The van der Waals surface area contributed by atoms with Crippen LogP contribution in [0.2, 0.25) is 0 Å². The van der Waals surface area contributed by atoms with Crippen molar-refractivity contribution in [1.82, 2.24) is 25.4 Å². The lowest BCUT2D eigenvalue weighted by molar-refractivity contribution is -0.120. The Bertz CT molecular complexity index is 1300. The molecule has 160 valence electrons. The van der Waals surface area contributed by atoms with E-state index in [9.17, 15) is 14.4 Å². The Kier molecular flexibility index (Phi) is 6.31. The molecule has 0 radical (unpaired) electrons. The lowest BCUT2D eigenvalue weighted by Gasteiger charge is -2.12. The Morgan fingerprint density at radius 3 is 2.38 bits per heavy atom. The number of aromatic nitrogens is 3. The number of carbonyl (C=O) groups excluding carboxylic acids is 2. The maximum Gasteiger partial charge on any atom is 0.274 e. The second kappa shape index (κ2) is 9.65. The van der Waals surface area contributed by atoms with Crippen LogP contribution < -0.4 is 16.2 Å². The van der Waals surface area contributed by atoms with Crippen molar-refractivity contribution in [2.24, 2.45) is 0 Å². The minimum Gasteiger partial charge on any atom is -0.349 e. The zero-order valence-electron chi connectivity index (χ0n) is 17.2. The average Bonchev–Trinajstić information content (AvgIpc) is 2.84. The second-order valence-corrected chi connectivity index (χ2v) is 7.14. The number of fused-ring (bicyclic) bond motifs is 1. The van der Waals surface area contributed by atoms with Crippen LogP contribution in [-0.2, 0) is 17.9 Å². The van der Waals surface area contributed by atoms with Gasteiger partial charge in [0.05, 0.1) is 30.7 Å². The van der Waals surface area contributed by atoms with Crippen molar-refractivity contribution in [3.05, 3.63) is 106 Å². The number of benzene rings is 2. The fraction of sp³-hybridized carbons (Fsp3) is 0.125. The van der Waals surface area contributed by atoms with Gasteiger partial charge in [0.2, 0.25) is 5.91 Å². The molecule has 2 amide bonds. The highest BCUT2D eigenvalue weighted by molar-refractivity contribution is 5.96. The van der Waals surface area contributed by atoms with Crippen molar-refractivity contribution >= 4 is 22.6 Å². The molecule has 32 heavy (non-hydrogen) atoms. The van der Waals surface area contributed by atoms with Gasteiger partial charge in [-0.25, -0.2) is 4.68 Å². The molecule has 0 saturated carbocycles. The third kappa shape index (κ3) is 4.86. The highest BCUT2D eigenvalue weighted by atomic mass is 16.2. The summed E-state index contributed by atoms with van der Waals surface area (Å²) in [6, 6.07) is 19.5.